The number of benzene rings is 1. The van der Waals surface area contributed by atoms with Crippen LogP contribution in [0.2, 0.25) is 0 Å². The summed E-state index contributed by atoms with van der Waals surface area (Å²) < 4.78 is 11.0. The van der Waals surface area contributed by atoms with Crippen LogP contribution >= 0.6 is 0 Å². The molecule has 0 aliphatic rings. The number of aromatic carboxylic acids is 1. The van der Waals surface area contributed by atoms with E-state index in [1.807, 2.05) is 6.92 Å². The highest BCUT2D eigenvalue weighted by atomic mass is 16.5. The van der Waals surface area contributed by atoms with Crippen molar-refractivity contribution in [1.82, 2.24) is 4.98 Å². The molecule has 5 nitrogen and oxygen atoms in total. The van der Waals surface area contributed by atoms with Crippen LogP contribution in [0.15, 0.2) is 30.3 Å². The zero-order chi connectivity index (χ0) is 15.4. The van der Waals surface area contributed by atoms with Crippen molar-refractivity contribution in [1.29, 1.82) is 0 Å². The molecule has 1 heterocycles. The number of rotatable bonds is 5. The van der Waals surface area contributed by atoms with Gasteiger partial charge in [0.2, 0.25) is 0 Å². The van der Waals surface area contributed by atoms with E-state index in [4.69, 9.17) is 9.47 Å². The van der Waals surface area contributed by atoms with Gasteiger partial charge in [0.15, 0.2) is 0 Å². The third-order valence-electron chi connectivity index (χ3n) is 2.87. The van der Waals surface area contributed by atoms with Crippen LogP contribution in [-0.4, -0.2) is 22.7 Å². The molecule has 1 aromatic heterocycles. The quantitative estimate of drug-likeness (QED) is 0.910. The molecular formula is C16H17NO4. The molecule has 1 N–H and O–H groups in total. The van der Waals surface area contributed by atoms with E-state index in [0.717, 1.165) is 5.75 Å². The normalized spacial score (nSPS) is 10.2. The number of hydrogen-bond donors (Lipinski definition) is 1. The summed E-state index contributed by atoms with van der Waals surface area (Å²) in [5.41, 5.74) is 1.22. The summed E-state index contributed by atoms with van der Waals surface area (Å²) in [5, 5.41) is 9.29. The van der Waals surface area contributed by atoms with Gasteiger partial charge in [0, 0.05) is 11.8 Å². The lowest BCUT2D eigenvalue weighted by Crippen LogP contribution is -2.06. The average molecular weight is 287 g/mol. The molecule has 2 aromatic rings. The van der Waals surface area contributed by atoms with E-state index in [1.165, 1.54) is 0 Å². The summed E-state index contributed by atoms with van der Waals surface area (Å²) in [6, 6.07) is 8.65. The molecule has 0 unspecified atom stereocenters. The van der Waals surface area contributed by atoms with Gasteiger partial charge < -0.3 is 14.6 Å². The number of carboxylic acids is 1. The molecule has 0 atom stereocenters. The van der Waals surface area contributed by atoms with Crippen LogP contribution in [0.5, 0.6) is 17.2 Å². The summed E-state index contributed by atoms with van der Waals surface area (Å²) in [6.45, 7) is 5.95. The van der Waals surface area contributed by atoms with Gasteiger partial charge >= 0.3 is 5.97 Å². The molecule has 0 fully saturated rings. The first kappa shape index (κ1) is 14.8. The van der Waals surface area contributed by atoms with Gasteiger partial charge in [-0.1, -0.05) is 0 Å². The molecule has 110 valence electrons. The minimum absolute atomic E-state index is 0.0782. The highest BCUT2D eigenvalue weighted by Crippen LogP contribution is 2.29. The number of hydrogen-bond acceptors (Lipinski definition) is 4. The number of pyridine rings is 1. The summed E-state index contributed by atoms with van der Waals surface area (Å²) in [6.07, 6.45) is 0. The van der Waals surface area contributed by atoms with Gasteiger partial charge in [0.25, 0.3) is 0 Å². The minimum Gasteiger partial charge on any atom is -0.494 e. The molecule has 0 aliphatic carbocycles. The van der Waals surface area contributed by atoms with E-state index < -0.39 is 5.97 Å². The van der Waals surface area contributed by atoms with Crippen molar-refractivity contribution < 1.29 is 19.4 Å². The van der Waals surface area contributed by atoms with Crippen molar-refractivity contribution in [3.8, 4) is 17.2 Å². The zero-order valence-electron chi connectivity index (χ0n) is 12.2. The highest BCUT2D eigenvalue weighted by Gasteiger charge is 2.17. The van der Waals surface area contributed by atoms with Gasteiger partial charge in [-0.3, -0.25) is 4.98 Å². The first-order valence-electron chi connectivity index (χ1n) is 6.63. The molecular weight excluding hydrogens is 270 g/mol. The second-order valence-corrected chi connectivity index (χ2v) is 4.53. The molecule has 0 spiro atoms. The second kappa shape index (κ2) is 6.26. The number of aryl methyl sites for hydroxylation is 2. The van der Waals surface area contributed by atoms with Crippen molar-refractivity contribution in [3.63, 3.8) is 0 Å². The topological polar surface area (TPSA) is 68.7 Å². The fourth-order valence-electron chi connectivity index (χ4n) is 2.03. The third kappa shape index (κ3) is 3.51. The number of carbonyl (C=O) groups is 1. The molecule has 0 bridgehead atoms. The Morgan fingerprint density at radius 1 is 1.19 bits per heavy atom. The van der Waals surface area contributed by atoms with E-state index in [1.54, 1.807) is 44.2 Å². The summed E-state index contributed by atoms with van der Waals surface area (Å²) in [5.74, 6) is 0.522. The molecule has 1 aromatic carbocycles. The maximum absolute atomic E-state index is 11.3. The van der Waals surface area contributed by atoms with Gasteiger partial charge in [0.1, 0.15) is 22.8 Å². The van der Waals surface area contributed by atoms with Crippen LogP contribution in [0.1, 0.15) is 28.7 Å². The number of aromatic nitrogens is 1. The van der Waals surface area contributed by atoms with E-state index in [-0.39, 0.29) is 11.3 Å². The lowest BCUT2D eigenvalue weighted by molar-refractivity contribution is 0.0692. The number of nitrogens with zero attached hydrogens (tertiary/aromatic N) is 1. The largest absolute Gasteiger partial charge is 0.494 e. The number of carboxylic acid groups (broad SMARTS) is 1. The maximum Gasteiger partial charge on any atom is 0.341 e. The highest BCUT2D eigenvalue weighted by molar-refractivity contribution is 5.92. The maximum atomic E-state index is 11.3. The lowest BCUT2D eigenvalue weighted by Gasteiger charge is -2.12. The van der Waals surface area contributed by atoms with Crippen molar-refractivity contribution in [3.05, 3.63) is 47.3 Å². The Hall–Kier alpha value is -2.56. The molecule has 0 aliphatic heterocycles. The minimum atomic E-state index is -1.05. The fraction of sp³-hybridized carbons (Fsp3) is 0.250. The molecule has 0 amide bonds. The standard InChI is InChI=1S/C16H17NO4/c1-4-20-12-5-7-13(8-6-12)21-14-9-10(2)17-11(3)15(14)16(18)19/h5-9H,4H2,1-3H3,(H,18,19). The van der Waals surface area contributed by atoms with Crippen LogP contribution < -0.4 is 9.47 Å². The van der Waals surface area contributed by atoms with Crippen molar-refractivity contribution in [2.75, 3.05) is 6.61 Å². The van der Waals surface area contributed by atoms with Gasteiger partial charge in [-0.05, 0) is 45.0 Å². The zero-order valence-corrected chi connectivity index (χ0v) is 12.2. The van der Waals surface area contributed by atoms with E-state index in [2.05, 4.69) is 4.98 Å². The molecule has 2 rings (SSSR count). The Morgan fingerprint density at radius 3 is 2.38 bits per heavy atom. The summed E-state index contributed by atoms with van der Waals surface area (Å²) >= 11 is 0. The summed E-state index contributed by atoms with van der Waals surface area (Å²) in [4.78, 5) is 15.5. The van der Waals surface area contributed by atoms with Crippen molar-refractivity contribution in [2.24, 2.45) is 0 Å². The summed E-state index contributed by atoms with van der Waals surface area (Å²) in [7, 11) is 0. The molecule has 5 heteroatoms. The van der Waals surface area contributed by atoms with Crippen molar-refractivity contribution in [2.45, 2.75) is 20.8 Å². The predicted molar refractivity (Wildman–Crippen MR) is 78.4 cm³/mol. The van der Waals surface area contributed by atoms with Gasteiger partial charge in [-0.2, -0.15) is 0 Å². The van der Waals surface area contributed by atoms with Crippen LogP contribution in [0, 0.1) is 13.8 Å². The average Bonchev–Trinajstić information content (AvgIpc) is 2.40. The SMILES string of the molecule is CCOc1ccc(Oc2cc(C)nc(C)c2C(=O)O)cc1. The van der Waals surface area contributed by atoms with Gasteiger partial charge in [-0.15, -0.1) is 0 Å². The van der Waals surface area contributed by atoms with Crippen LogP contribution in [-0.2, 0) is 0 Å². The van der Waals surface area contributed by atoms with Crippen LogP contribution in [0.25, 0.3) is 0 Å². The Labute approximate surface area is 123 Å². The molecule has 21 heavy (non-hydrogen) atoms. The van der Waals surface area contributed by atoms with Gasteiger partial charge in [-0.25, -0.2) is 4.79 Å². The van der Waals surface area contributed by atoms with E-state index in [9.17, 15) is 9.90 Å². The van der Waals surface area contributed by atoms with Crippen LogP contribution in [0.4, 0.5) is 0 Å². The third-order valence-corrected chi connectivity index (χ3v) is 2.87. The first-order valence-corrected chi connectivity index (χ1v) is 6.63. The molecule has 0 saturated heterocycles. The Kier molecular flexibility index (Phi) is 4.42. The van der Waals surface area contributed by atoms with Crippen LogP contribution in [0.3, 0.4) is 0 Å². The Morgan fingerprint density at radius 2 is 1.81 bits per heavy atom. The Bertz CT molecular complexity index is 650. The lowest BCUT2D eigenvalue weighted by atomic mass is 10.1. The van der Waals surface area contributed by atoms with Crippen molar-refractivity contribution >= 4 is 5.97 Å². The number of ether oxygens (including phenoxy) is 2. The molecule has 0 saturated carbocycles. The van der Waals surface area contributed by atoms with E-state index >= 15 is 0 Å². The second-order valence-electron chi connectivity index (χ2n) is 4.53. The van der Waals surface area contributed by atoms with Gasteiger partial charge in [0.05, 0.1) is 12.3 Å². The van der Waals surface area contributed by atoms with E-state index in [0.29, 0.717) is 23.7 Å². The smallest absolute Gasteiger partial charge is 0.341 e. The Balaban J connectivity index is 2.32. The fourth-order valence-corrected chi connectivity index (χ4v) is 2.03. The predicted octanol–water partition coefficient (Wildman–Crippen LogP) is 3.59. The monoisotopic (exact) mass is 287 g/mol. The molecule has 0 radical (unpaired) electrons. The first-order chi connectivity index (χ1) is 10.0.